The molecule has 0 aliphatic rings. The molecule has 2 amide bonds. The lowest BCUT2D eigenvalue weighted by molar-refractivity contribution is -0.143. The average Bonchev–Trinajstić information content (AvgIpc) is 2.74. The number of rotatable bonds is 10. The van der Waals surface area contributed by atoms with Crippen LogP contribution < -0.4 is 10.1 Å². The van der Waals surface area contributed by atoms with Crippen LogP contribution in [0.5, 0.6) is 5.75 Å². The molecule has 0 fully saturated rings. The molecular formula is C23H27BrClFN2O3. The molecule has 168 valence electrons. The molecule has 2 aromatic rings. The number of benzene rings is 2. The van der Waals surface area contributed by atoms with E-state index in [1.54, 1.807) is 30.3 Å². The van der Waals surface area contributed by atoms with E-state index in [-0.39, 0.29) is 36.8 Å². The average molecular weight is 514 g/mol. The Morgan fingerprint density at radius 2 is 1.84 bits per heavy atom. The Kier molecular flexibility index (Phi) is 9.78. The standard InChI is InChI=1S/C23H27BrClFN2O3/c1-4-15(3)27-23(30)20(5-2)28(13-16-6-9-18(26)10-7-16)22(29)14-31-21-11-8-17(25)12-19(21)24/h6-12,15,20H,4-5,13-14H2,1-3H3,(H,27,30)/t15-,20-/m0/s1. The fourth-order valence-corrected chi connectivity index (χ4v) is 3.76. The molecule has 5 nitrogen and oxygen atoms in total. The predicted molar refractivity (Wildman–Crippen MR) is 124 cm³/mol. The molecule has 0 aliphatic heterocycles. The van der Waals surface area contributed by atoms with E-state index < -0.39 is 6.04 Å². The van der Waals surface area contributed by atoms with Crippen LogP contribution in [0.25, 0.3) is 0 Å². The van der Waals surface area contributed by atoms with Gasteiger partial charge >= 0.3 is 0 Å². The summed E-state index contributed by atoms with van der Waals surface area (Å²) in [6, 6.07) is 10.2. The van der Waals surface area contributed by atoms with Gasteiger partial charge in [0.15, 0.2) is 6.61 Å². The molecular weight excluding hydrogens is 487 g/mol. The first-order valence-electron chi connectivity index (χ1n) is 10.2. The smallest absolute Gasteiger partial charge is 0.261 e. The number of carbonyl (C=O) groups is 2. The zero-order chi connectivity index (χ0) is 23.0. The number of nitrogens with one attached hydrogen (secondary N) is 1. The number of carbonyl (C=O) groups excluding carboxylic acids is 2. The molecule has 0 radical (unpaired) electrons. The molecule has 1 N–H and O–H groups in total. The highest BCUT2D eigenvalue weighted by Gasteiger charge is 2.29. The third-order valence-corrected chi connectivity index (χ3v) is 5.75. The highest BCUT2D eigenvalue weighted by Crippen LogP contribution is 2.28. The Morgan fingerprint density at radius 3 is 2.42 bits per heavy atom. The Labute approximate surface area is 196 Å². The van der Waals surface area contributed by atoms with E-state index in [1.165, 1.54) is 17.0 Å². The molecule has 2 atom stereocenters. The van der Waals surface area contributed by atoms with Crippen molar-refractivity contribution in [2.45, 2.75) is 52.2 Å². The molecule has 0 heterocycles. The van der Waals surface area contributed by atoms with Gasteiger partial charge in [-0.15, -0.1) is 0 Å². The number of hydrogen-bond donors (Lipinski definition) is 1. The van der Waals surface area contributed by atoms with Crippen molar-refractivity contribution in [3.63, 3.8) is 0 Å². The number of amides is 2. The first-order chi connectivity index (χ1) is 14.7. The SMILES string of the molecule is CC[C@H](C)NC(=O)[C@H](CC)N(Cc1ccc(F)cc1)C(=O)COc1ccc(Cl)cc1Br. The monoisotopic (exact) mass is 512 g/mol. The summed E-state index contributed by atoms with van der Waals surface area (Å²) in [5.41, 5.74) is 0.720. The normalized spacial score (nSPS) is 12.7. The molecule has 2 rings (SSSR count). The van der Waals surface area contributed by atoms with Crippen LogP contribution in [0.3, 0.4) is 0 Å². The summed E-state index contributed by atoms with van der Waals surface area (Å²) < 4.78 is 19.6. The van der Waals surface area contributed by atoms with Gasteiger partial charge in [0.25, 0.3) is 5.91 Å². The maximum absolute atomic E-state index is 13.3. The van der Waals surface area contributed by atoms with Crippen molar-refractivity contribution < 1.29 is 18.7 Å². The summed E-state index contributed by atoms with van der Waals surface area (Å²) >= 11 is 9.31. The second-order valence-corrected chi connectivity index (χ2v) is 8.54. The van der Waals surface area contributed by atoms with Crippen molar-refractivity contribution in [3.8, 4) is 5.75 Å². The van der Waals surface area contributed by atoms with E-state index in [0.717, 1.165) is 12.0 Å². The summed E-state index contributed by atoms with van der Waals surface area (Å²) in [7, 11) is 0. The molecule has 0 saturated carbocycles. The summed E-state index contributed by atoms with van der Waals surface area (Å²) in [6.07, 6.45) is 1.21. The van der Waals surface area contributed by atoms with Gasteiger partial charge in [-0.05, 0) is 71.6 Å². The zero-order valence-electron chi connectivity index (χ0n) is 17.8. The lowest BCUT2D eigenvalue weighted by atomic mass is 10.1. The molecule has 0 unspecified atom stereocenters. The van der Waals surface area contributed by atoms with Gasteiger partial charge in [0.1, 0.15) is 17.6 Å². The Balaban J connectivity index is 2.22. The van der Waals surface area contributed by atoms with Gasteiger partial charge in [-0.2, -0.15) is 0 Å². The molecule has 0 spiro atoms. The minimum Gasteiger partial charge on any atom is -0.483 e. The summed E-state index contributed by atoms with van der Waals surface area (Å²) in [5.74, 6) is -0.465. The van der Waals surface area contributed by atoms with Gasteiger partial charge in [-0.25, -0.2) is 4.39 Å². The summed E-state index contributed by atoms with van der Waals surface area (Å²) in [4.78, 5) is 27.5. The van der Waals surface area contributed by atoms with Crippen LogP contribution in [0.4, 0.5) is 4.39 Å². The van der Waals surface area contributed by atoms with Crippen LogP contribution >= 0.6 is 27.5 Å². The number of ether oxygens (including phenoxy) is 1. The van der Waals surface area contributed by atoms with E-state index >= 15 is 0 Å². The quantitative estimate of drug-likeness (QED) is 0.466. The van der Waals surface area contributed by atoms with Crippen molar-refractivity contribution in [1.29, 1.82) is 0 Å². The van der Waals surface area contributed by atoms with Crippen LogP contribution in [-0.4, -0.2) is 35.4 Å². The highest BCUT2D eigenvalue weighted by molar-refractivity contribution is 9.10. The van der Waals surface area contributed by atoms with Crippen molar-refractivity contribution in [3.05, 3.63) is 63.3 Å². The zero-order valence-corrected chi connectivity index (χ0v) is 20.2. The van der Waals surface area contributed by atoms with Crippen LogP contribution in [0.1, 0.15) is 39.2 Å². The lowest BCUT2D eigenvalue weighted by Crippen LogP contribution is -2.51. The van der Waals surface area contributed by atoms with Gasteiger partial charge in [-0.3, -0.25) is 9.59 Å². The van der Waals surface area contributed by atoms with Gasteiger partial charge in [0.05, 0.1) is 4.47 Å². The fourth-order valence-electron chi connectivity index (χ4n) is 2.96. The van der Waals surface area contributed by atoms with Crippen molar-refractivity contribution >= 4 is 39.3 Å². The largest absolute Gasteiger partial charge is 0.483 e. The van der Waals surface area contributed by atoms with Crippen LogP contribution in [0, 0.1) is 5.82 Å². The van der Waals surface area contributed by atoms with E-state index in [2.05, 4.69) is 21.2 Å². The summed E-state index contributed by atoms with van der Waals surface area (Å²) in [5, 5.41) is 3.48. The Bertz CT molecular complexity index is 895. The van der Waals surface area contributed by atoms with Crippen molar-refractivity contribution in [2.75, 3.05) is 6.61 Å². The van der Waals surface area contributed by atoms with Crippen LogP contribution in [-0.2, 0) is 16.1 Å². The molecule has 8 heteroatoms. The molecule has 0 saturated heterocycles. The van der Waals surface area contributed by atoms with Crippen molar-refractivity contribution in [1.82, 2.24) is 10.2 Å². The second-order valence-electron chi connectivity index (χ2n) is 7.25. The molecule has 0 aromatic heterocycles. The van der Waals surface area contributed by atoms with Crippen LogP contribution in [0.2, 0.25) is 5.02 Å². The minimum absolute atomic E-state index is 0.00871. The maximum atomic E-state index is 13.3. The minimum atomic E-state index is -0.677. The Hall–Kier alpha value is -2.12. The predicted octanol–water partition coefficient (Wildman–Crippen LogP) is 5.34. The van der Waals surface area contributed by atoms with Gasteiger partial charge < -0.3 is 15.0 Å². The number of nitrogens with zero attached hydrogens (tertiary/aromatic N) is 1. The fraction of sp³-hybridized carbons (Fsp3) is 0.391. The number of halogens is 3. The van der Waals surface area contributed by atoms with E-state index in [4.69, 9.17) is 16.3 Å². The summed E-state index contributed by atoms with van der Waals surface area (Å²) in [6.45, 7) is 5.65. The van der Waals surface area contributed by atoms with E-state index in [0.29, 0.717) is 21.7 Å². The van der Waals surface area contributed by atoms with Gasteiger partial charge in [0.2, 0.25) is 5.91 Å². The third kappa shape index (κ3) is 7.51. The van der Waals surface area contributed by atoms with Gasteiger partial charge in [0, 0.05) is 17.6 Å². The van der Waals surface area contributed by atoms with Gasteiger partial charge in [-0.1, -0.05) is 37.6 Å². The van der Waals surface area contributed by atoms with Crippen molar-refractivity contribution in [2.24, 2.45) is 0 Å². The van der Waals surface area contributed by atoms with Crippen LogP contribution in [0.15, 0.2) is 46.9 Å². The first-order valence-corrected chi connectivity index (χ1v) is 11.3. The second kappa shape index (κ2) is 12.1. The maximum Gasteiger partial charge on any atom is 0.261 e. The van der Waals surface area contributed by atoms with E-state index in [1.807, 2.05) is 20.8 Å². The lowest BCUT2D eigenvalue weighted by Gasteiger charge is -2.31. The first kappa shape index (κ1) is 25.1. The highest BCUT2D eigenvalue weighted by atomic mass is 79.9. The topological polar surface area (TPSA) is 58.6 Å². The third-order valence-electron chi connectivity index (χ3n) is 4.90. The van der Waals surface area contributed by atoms with E-state index in [9.17, 15) is 14.0 Å². The molecule has 31 heavy (non-hydrogen) atoms. The number of hydrogen-bond acceptors (Lipinski definition) is 3. The Morgan fingerprint density at radius 1 is 1.16 bits per heavy atom. The molecule has 0 aliphatic carbocycles. The molecule has 0 bridgehead atoms. The molecule has 2 aromatic carbocycles.